The van der Waals surface area contributed by atoms with Crippen LogP contribution in [0.25, 0.3) is 11.0 Å². The third-order valence-electron chi connectivity index (χ3n) is 3.74. The van der Waals surface area contributed by atoms with Gasteiger partial charge in [-0.3, -0.25) is 9.48 Å². The van der Waals surface area contributed by atoms with Crippen molar-refractivity contribution >= 4 is 16.9 Å². The number of carbonyl (C=O) groups is 1. The van der Waals surface area contributed by atoms with Gasteiger partial charge in [0.05, 0.1) is 16.6 Å². The number of hydrogen-bond acceptors (Lipinski definition) is 3. The first-order valence-corrected chi connectivity index (χ1v) is 7.12. The molecule has 1 aliphatic carbocycles. The van der Waals surface area contributed by atoms with Crippen molar-refractivity contribution in [1.29, 1.82) is 0 Å². The molecule has 0 unspecified atom stereocenters. The fraction of sp³-hybridized carbons (Fsp3) is 0.533. The standard InChI is InChI=1S/C15H20N4O/c1-8(2)12-7-11(15(20)16-10-5-6-10)13-9(3)18-19(4)14(13)17-12/h7-8,10H,5-6H2,1-4H3,(H,16,20). The fourth-order valence-electron chi connectivity index (χ4n) is 2.43. The summed E-state index contributed by atoms with van der Waals surface area (Å²) in [6.07, 6.45) is 2.17. The van der Waals surface area contributed by atoms with Gasteiger partial charge in [0.2, 0.25) is 0 Å². The highest BCUT2D eigenvalue weighted by Crippen LogP contribution is 2.26. The number of fused-ring (bicyclic) bond motifs is 1. The molecule has 5 nitrogen and oxygen atoms in total. The Balaban J connectivity index is 2.18. The molecule has 0 aromatic carbocycles. The summed E-state index contributed by atoms with van der Waals surface area (Å²) in [5.74, 6) is 0.278. The van der Waals surface area contributed by atoms with E-state index in [2.05, 4.69) is 29.2 Å². The van der Waals surface area contributed by atoms with Crippen LogP contribution in [-0.4, -0.2) is 26.7 Å². The van der Waals surface area contributed by atoms with E-state index in [4.69, 9.17) is 0 Å². The molecule has 20 heavy (non-hydrogen) atoms. The Bertz CT molecular complexity index is 683. The summed E-state index contributed by atoms with van der Waals surface area (Å²) in [6, 6.07) is 2.27. The highest BCUT2D eigenvalue weighted by atomic mass is 16.1. The van der Waals surface area contributed by atoms with Gasteiger partial charge >= 0.3 is 0 Å². The van der Waals surface area contributed by atoms with Gasteiger partial charge in [-0.05, 0) is 31.7 Å². The Morgan fingerprint density at radius 1 is 1.45 bits per heavy atom. The smallest absolute Gasteiger partial charge is 0.252 e. The molecule has 0 bridgehead atoms. The molecule has 0 radical (unpaired) electrons. The number of hydrogen-bond donors (Lipinski definition) is 1. The Labute approximate surface area is 118 Å². The van der Waals surface area contributed by atoms with Gasteiger partial charge in [0.15, 0.2) is 5.65 Å². The van der Waals surface area contributed by atoms with Gasteiger partial charge in [-0.25, -0.2) is 4.98 Å². The largest absolute Gasteiger partial charge is 0.349 e. The van der Waals surface area contributed by atoms with Crippen LogP contribution in [0.4, 0.5) is 0 Å². The van der Waals surface area contributed by atoms with Gasteiger partial charge < -0.3 is 5.32 Å². The number of pyridine rings is 1. The molecule has 0 atom stereocenters. The van der Waals surface area contributed by atoms with Gasteiger partial charge in [0.25, 0.3) is 5.91 Å². The quantitative estimate of drug-likeness (QED) is 0.932. The van der Waals surface area contributed by atoms with E-state index in [0.29, 0.717) is 11.6 Å². The molecule has 1 N–H and O–H groups in total. The Kier molecular flexibility index (Phi) is 3.00. The van der Waals surface area contributed by atoms with Crippen molar-refractivity contribution in [2.75, 3.05) is 0 Å². The third-order valence-corrected chi connectivity index (χ3v) is 3.74. The van der Waals surface area contributed by atoms with Crippen molar-refractivity contribution in [1.82, 2.24) is 20.1 Å². The molecule has 1 amide bonds. The predicted octanol–water partition coefficient (Wildman–Crippen LogP) is 2.29. The zero-order chi connectivity index (χ0) is 14.4. The molecule has 1 fully saturated rings. The molecule has 5 heteroatoms. The van der Waals surface area contributed by atoms with Crippen LogP contribution < -0.4 is 5.32 Å². The molecule has 2 heterocycles. The lowest BCUT2D eigenvalue weighted by molar-refractivity contribution is 0.0952. The first-order chi connectivity index (χ1) is 9.47. The minimum Gasteiger partial charge on any atom is -0.349 e. The van der Waals surface area contributed by atoms with E-state index in [1.54, 1.807) is 4.68 Å². The lowest BCUT2D eigenvalue weighted by Crippen LogP contribution is -2.26. The monoisotopic (exact) mass is 272 g/mol. The SMILES string of the molecule is Cc1nn(C)c2nc(C(C)C)cc(C(=O)NC3CC3)c12. The van der Waals surface area contributed by atoms with E-state index in [0.717, 1.165) is 35.3 Å². The first-order valence-electron chi connectivity index (χ1n) is 7.12. The van der Waals surface area contributed by atoms with Crippen molar-refractivity contribution in [3.63, 3.8) is 0 Å². The Morgan fingerprint density at radius 3 is 2.75 bits per heavy atom. The van der Waals surface area contributed by atoms with E-state index in [1.807, 2.05) is 20.0 Å². The molecule has 0 aliphatic heterocycles. The van der Waals surface area contributed by atoms with E-state index in [1.165, 1.54) is 0 Å². The molecule has 2 aromatic rings. The normalized spacial score (nSPS) is 15.1. The first kappa shape index (κ1) is 13.1. The number of amides is 1. The van der Waals surface area contributed by atoms with Crippen molar-refractivity contribution in [3.05, 3.63) is 23.0 Å². The van der Waals surface area contributed by atoms with E-state index < -0.39 is 0 Å². The Hall–Kier alpha value is -1.91. The van der Waals surface area contributed by atoms with Crippen LogP contribution in [0.2, 0.25) is 0 Å². The number of aromatic nitrogens is 3. The molecule has 3 rings (SSSR count). The zero-order valence-corrected chi connectivity index (χ0v) is 12.4. The number of rotatable bonds is 3. The van der Waals surface area contributed by atoms with Gasteiger partial charge in [0.1, 0.15) is 0 Å². The summed E-state index contributed by atoms with van der Waals surface area (Å²) in [5, 5.41) is 8.33. The maximum Gasteiger partial charge on any atom is 0.252 e. The number of carbonyl (C=O) groups excluding carboxylic acids is 1. The van der Waals surface area contributed by atoms with Crippen LogP contribution in [-0.2, 0) is 7.05 Å². The molecule has 2 aromatic heterocycles. The second kappa shape index (κ2) is 4.58. The summed E-state index contributed by atoms with van der Waals surface area (Å²) in [7, 11) is 1.87. The highest BCUT2D eigenvalue weighted by molar-refractivity contribution is 6.06. The van der Waals surface area contributed by atoms with Crippen LogP contribution in [0.1, 0.15) is 54.4 Å². The predicted molar refractivity (Wildman–Crippen MR) is 77.8 cm³/mol. The van der Waals surface area contributed by atoms with E-state index >= 15 is 0 Å². The average Bonchev–Trinajstić information content (AvgIpc) is 3.15. The van der Waals surface area contributed by atoms with Crippen molar-refractivity contribution in [2.24, 2.45) is 7.05 Å². The summed E-state index contributed by atoms with van der Waals surface area (Å²) >= 11 is 0. The van der Waals surface area contributed by atoms with Crippen LogP contribution in [0.5, 0.6) is 0 Å². The topological polar surface area (TPSA) is 59.8 Å². The number of nitrogens with one attached hydrogen (secondary N) is 1. The number of nitrogens with zero attached hydrogens (tertiary/aromatic N) is 3. The van der Waals surface area contributed by atoms with Crippen LogP contribution >= 0.6 is 0 Å². The summed E-state index contributed by atoms with van der Waals surface area (Å²) in [6.45, 7) is 6.09. The van der Waals surface area contributed by atoms with E-state index in [9.17, 15) is 4.79 Å². The van der Waals surface area contributed by atoms with Gasteiger partial charge in [-0.15, -0.1) is 0 Å². The minimum absolute atomic E-state index is 0.00194. The van der Waals surface area contributed by atoms with E-state index in [-0.39, 0.29) is 11.8 Å². The minimum atomic E-state index is -0.00194. The van der Waals surface area contributed by atoms with Crippen LogP contribution in [0.15, 0.2) is 6.07 Å². The highest BCUT2D eigenvalue weighted by Gasteiger charge is 2.26. The second-order valence-corrected chi connectivity index (χ2v) is 5.90. The fourth-order valence-corrected chi connectivity index (χ4v) is 2.43. The van der Waals surface area contributed by atoms with Crippen LogP contribution in [0, 0.1) is 6.92 Å². The summed E-state index contributed by atoms with van der Waals surface area (Å²) < 4.78 is 1.75. The van der Waals surface area contributed by atoms with Crippen molar-refractivity contribution < 1.29 is 4.79 Å². The zero-order valence-electron chi connectivity index (χ0n) is 12.4. The summed E-state index contributed by atoms with van der Waals surface area (Å²) in [4.78, 5) is 17.1. The van der Waals surface area contributed by atoms with Gasteiger partial charge in [-0.1, -0.05) is 13.8 Å². The lowest BCUT2D eigenvalue weighted by atomic mass is 10.0. The Morgan fingerprint density at radius 2 is 2.15 bits per heavy atom. The van der Waals surface area contributed by atoms with Gasteiger partial charge in [0, 0.05) is 18.8 Å². The molecule has 1 saturated carbocycles. The van der Waals surface area contributed by atoms with Crippen LogP contribution in [0.3, 0.4) is 0 Å². The number of aryl methyl sites for hydroxylation is 2. The molecular weight excluding hydrogens is 252 g/mol. The van der Waals surface area contributed by atoms with Crippen molar-refractivity contribution in [3.8, 4) is 0 Å². The lowest BCUT2D eigenvalue weighted by Gasteiger charge is -2.10. The maximum absolute atomic E-state index is 12.5. The second-order valence-electron chi connectivity index (χ2n) is 5.90. The third kappa shape index (κ3) is 2.17. The molecule has 0 saturated heterocycles. The molecular formula is C15H20N4O. The molecule has 0 spiro atoms. The van der Waals surface area contributed by atoms with Crippen molar-refractivity contribution in [2.45, 2.75) is 45.6 Å². The summed E-state index contributed by atoms with van der Waals surface area (Å²) in [5.41, 5.74) is 3.28. The van der Waals surface area contributed by atoms with Gasteiger partial charge in [-0.2, -0.15) is 5.10 Å². The average molecular weight is 272 g/mol. The molecule has 106 valence electrons. The molecule has 1 aliphatic rings. The maximum atomic E-state index is 12.5.